The third-order valence-corrected chi connectivity index (χ3v) is 6.08. The van der Waals surface area contributed by atoms with Crippen molar-refractivity contribution in [1.29, 1.82) is 0 Å². The molecule has 0 unspecified atom stereocenters. The third kappa shape index (κ3) is 4.00. The second kappa shape index (κ2) is 7.38. The molecule has 0 bridgehead atoms. The predicted molar refractivity (Wildman–Crippen MR) is 91.9 cm³/mol. The molecule has 1 aliphatic rings. The van der Waals surface area contributed by atoms with E-state index >= 15 is 0 Å². The van der Waals surface area contributed by atoms with Crippen molar-refractivity contribution in [3.05, 3.63) is 64.5 Å². The summed E-state index contributed by atoms with van der Waals surface area (Å²) in [5.74, 6) is 0.182. The second-order valence-corrected chi connectivity index (χ2v) is 7.87. The van der Waals surface area contributed by atoms with Gasteiger partial charge in [0.1, 0.15) is 17.7 Å². The van der Waals surface area contributed by atoms with Crippen LogP contribution < -0.4 is 4.74 Å². The molecule has 3 rings (SSSR count). The molecule has 0 atom stereocenters. The van der Waals surface area contributed by atoms with Gasteiger partial charge in [-0.2, -0.15) is 4.31 Å². The van der Waals surface area contributed by atoms with Crippen molar-refractivity contribution < 1.29 is 22.5 Å². The molecule has 7 nitrogen and oxygen atoms in total. The van der Waals surface area contributed by atoms with Gasteiger partial charge in [-0.15, -0.1) is 0 Å². The molecule has 0 radical (unpaired) electrons. The number of non-ortho nitro benzene ring substituents is 1. The second-order valence-electron chi connectivity index (χ2n) is 5.93. The van der Waals surface area contributed by atoms with Crippen molar-refractivity contribution in [1.82, 2.24) is 4.31 Å². The number of rotatable bonds is 5. The first kappa shape index (κ1) is 18.3. The fraction of sp³-hybridized carbons (Fsp3) is 0.294. The van der Waals surface area contributed by atoms with Crippen molar-refractivity contribution in [3.8, 4) is 5.75 Å². The molecule has 1 heterocycles. The maximum absolute atomic E-state index is 12.9. The highest BCUT2D eigenvalue weighted by atomic mass is 32.2. The predicted octanol–water partition coefficient (Wildman–Crippen LogP) is 2.97. The highest BCUT2D eigenvalue weighted by Crippen LogP contribution is 2.25. The molecule has 0 saturated carbocycles. The molecule has 0 aromatic heterocycles. The zero-order valence-electron chi connectivity index (χ0n) is 13.7. The van der Waals surface area contributed by atoms with Crippen LogP contribution in [0, 0.1) is 15.9 Å². The number of sulfonamides is 1. The van der Waals surface area contributed by atoms with Gasteiger partial charge in [-0.05, 0) is 43.2 Å². The molecule has 9 heteroatoms. The van der Waals surface area contributed by atoms with Crippen molar-refractivity contribution in [2.75, 3.05) is 13.1 Å². The first-order valence-electron chi connectivity index (χ1n) is 8.03. The summed E-state index contributed by atoms with van der Waals surface area (Å²) >= 11 is 0. The molecule has 0 aliphatic carbocycles. The Morgan fingerprint density at radius 3 is 2.38 bits per heavy atom. The Balaban J connectivity index is 1.66. The Hall–Kier alpha value is -2.52. The minimum Gasteiger partial charge on any atom is -0.490 e. The smallest absolute Gasteiger partial charge is 0.270 e. The molecule has 0 spiro atoms. The van der Waals surface area contributed by atoms with E-state index < -0.39 is 14.9 Å². The largest absolute Gasteiger partial charge is 0.490 e. The number of hydrogen-bond acceptors (Lipinski definition) is 5. The fourth-order valence-electron chi connectivity index (χ4n) is 2.80. The van der Waals surface area contributed by atoms with Crippen LogP contribution in [-0.4, -0.2) is 36.8 Å². The Kier molecular flexibility index (Phi) is 5.19. The van der Waals surface area contributed by atoms with E-state index in [1.807, 2.05) is 0 Å². The van der Waals surface area contributed by atoms with Crippen LogP contribution in [0.5, 0.6) is 5.75 Å². The summed E-state index contributed by atoms with van der Waals surface area (Å²) in [5, 5.41) is 10.9. The van der Waals surface area contributed by atoms with Gasteiger partial charge in [0.05, 0.1) is 9.82 Å². The van der Waals surface area contributed by atoms with Crippen LogP contribution in [0.4, 0.5) is 10.1 Å². The Labute approximate surface area is 150 Å². The summed E-state index contributed by atoms with van der Waals surface area (Å²) in [4.78, 5) is 10.1. The topological polar surface area (TPSA) is 89.8 Å². The quantitative estimate of drug-likeness (QED) is 0.588. The summed E-state index contributed by atoms with van der Waals surface area (Å²) < 4.78 is 45.3. The van der Waals surface area contributed by atoms with Gasteiger partial charge in [-0.25, -0.2) is 12.8 Å². The number of hydrogen-bond donors (Lipinski definition) is 0. The SMILES string of the molecule is O=[N+]([O-])c1cccc(S(=O)(=O)N2CCC(Oc3ccc(F)cc3)CC2)c1. The van der Waals surface area contributed by atoms with Gasteiger partial charge in [0.2, 0.25) is 10.0 Å². The van der Waals surface area contributed by atoms with E-state index in [9.17, 15) is 22.9 Å². The standard InChI is InChI=1S/C17H17FN2O5S/c18-13-4-6-15(7-5-13)25-16-8-10-19(11-9-16)26(23,24)17-3-1-2-14(12-17)20(21)22/h1-7,12,16H,8-11H2. The summed E-state index contributed by atoms with van der Waals surface area (Å²) in [6, 6.07) is 10.7. The molecule has 0 N–H and O–H groups in total. The molecule has 0 amide bonds. The summed E-state index contributed by atoms with van der Waals surface area (Å²) in [7, 11) is -3.80. The summed E-state index contributed by atoms with van der Waals surface area (Å²) in [5.41, 5.74) is -0.263. The van der Waals surface area contributed by atoms with E-state index in [0.717, 1.165) is 6.07 Å². The van der Waals surface area contributed by atoms with Crippen molar-refractivity contribution in [2.24, 2.45) is 0 Å². The van der Waals surface area contributed by atoms with Gasteiger partial charge >= 0.3 is 0 Å². The van der Waals surface area contributed by atoms with E-state index in [2.05, 4.69) is 0 Å². The number of piperidine rings is 1. The van der Waals surface area contributed by atoms with Crippen LogP contribution in [0.1, 0.15) is 12.8 Å². The fourth-order valence-corrected chi connectivity index (χ4v) is 4.31. The highest BCUT2D eigenvalue weighted by molar-refractivity contribution is 7.89. The lowest BCUT2D eigenvalue weighted by Crippen LogP contribution is -2.41. The number of benzene rings is 2. The molecular formula is C17H17FN2O5S. The van der Waals surface area contributed by atoms with Crippen molar-refractivity contribution in [3.63, 3.8) is 0 Å². The normalized spacial score (nSPS) is 16.3. The number of nitrogens with zero attached hydrogens (tertiary/aromatic N) is 2. The van der Waals surface area contributed by atoms with Crippen LogP contribution in [0.25, 0.3) is 0 Å². The highest BCUT2D eigenvalue weighted by Gasteiger charge is 2.31. The van der Waals surface area contributed by atoms with Crippen LogP contribution in [0.15, 0.2) is 53.4 Å². The van der Waals surface area contributed by atoms with Crippen LogP contribution in [0.2, 0.25) is 0 Å². The Morgan fingerprint density at radius 2 is 1.77 bits per heavy atom. The average molecular weight is 380 g/mol. The van der Waals surface area contributed by atoms with Crippen molar-refractivity contribution in [2.45, 2.75) is 23.8 Å². The maximum atomic E-state index is 12.9. The van der Waals surface area contributed by atoms with E-state index in [4.69, 9.17) is 4.74 Å². The van der Waals surface area contributed by atoms with Crippen LogP contribution in [0.3, 0.4) is 0 Å². The Morgan fingerprint density at radius 1 is 1.12 bits per heavy atom. The minimum absolute atomic E-state index is 0.0930. The van der Waals surface area contributed by atoms with Gasteiger partial charge < -0.3 is 4.74 Å². The lowest BCUT2D eigenvalue weighted by molar-refractivity contribution is -0.385. The molecule has 2 aromatic rings. The number of nitro groups is 1. The summed E-state index contributed by atoms with van der Waals surface area (Å²) in [6.45, 7) is 0.494. The third-order valence-electron chi connectivity index (χ3n) is 4.18. The summed E-state index contributed by atoms with van der Waals surface area (Å²) in [6.07, 6.45) is 0.786. The zero-order valence-corrected chi connectivity index (χ0v) is 14.6. The van der Waals surface area contributed by atoms with Gasteiger partial charge in [0.25, 0.3) is 5.69 Å². The molecule has 26 heavy (non-hydrogen) atoms. The Bertz CT molecular complexity index is 894. The van der Waals surface area contributed by atoms with Crippen molar-refractivity contribution >= 4 is 15.7 Å². The first-order valence-corrected chi connectivity index (χ1v) is 9.47. The van der Waals surface area contributed by atoms with E-state index in [1.54, 1.807) is 0 Å². The van der Waals surface area contributed by atoms with Crippen LogP contribution in [-0.2, 0) is 10.0 Å². The van der Waals surface area contributed by atoms with Gasteiger partial charge in [-0.3, -0.25) is 10.1 Å². The molecule has 138 valence electrons. The lowest BCUT2D eigenvalue weighted by Gasteiger charge is -2.31. The lowest BCUT2D eigenvalue weighted by atomic mass is 10.1. The van der Waals surface area contributed by atoms with E-state index in [-0.39, 0.29) is 35.6 Å². The molecule has 1 saturated heterocycles. The van der Waals surface area contributed by atoms with E-state index in [0.29, 0.717) is 18.6 Å². The first-order chi connectivity index (χ1) is 12.4. The van der Waals surface area contributed by atoms with Gasteiger partial charge in [0, 0.05) is 25.2 Å². The molecule has 2 aromatic carbocycles. The minimum atomic E-state index is -3.80. The maximum Gasteiger partial charge on any atom is 0.270 e. The van der Waals surface area contributed by atoms with E-state index in [1.165, 1.54) is 46.8 Å². The number of ether oxygens (including phenoxy) is 1. The van der Waals surface area contributed by atoms with Gasteiger partial charge in [0.15, 0.2) is 0 Å². The average Bonchev–Trinajstić information content (AvgIpc) is 2.64. The number of nitro benzene ring substituents is 1. The van der Waals surface area contributed by atoms with Gasteiger partial charge in [-0.1, -0.05) is 6.07 Å². The molecule has 1 aliphatic heterocycles. The molecule has 1 fully saturated rings. The molecular weight excluding hydrogens is 363 g/mol. The monoisotopic (exact) mass is 380 g/mol. The zero-order chi connectivity index (χ0) is 18.7. The van der Waals surface area contributed by atoms with Crippen LogP contribution >= 0.6 is 0 Å². The number of halogens is 1.